The number of fused-ring (bicyclic) bond motifs is 1. The van der Waals surface area contributed by atoms with Crippen molar-refractivity contribution in [2.45, 2.75) is 32.5 Å². The van der Waals surface area contributed by atoms with Gasteiger partial charge in [-0.25, -0.2) is 4.79 Å². The topological polar surface area (TPSA) is 119 Å². The molecule has 12 heteroatoms. The van der Waals surface area contributed by atoms with Crippen molar-refractivity contribution in [3.8, 4) is 5.75 Å². The number of rotatable bonds is 12. The molecule has 1 aliphatic heterocycles. The molecule has 10 nitrogen and oxygen atoms in total. The number of anilines is 1. The molecular formula is C29H35Cl2N5O5. The summed E-state index contributed by atoms with van der Waals surface area (Å²) in [6, 6.07) is 13.5. The van der Waals surface area contributed by atoms with Crippen LogP contribution in [0.2, 0.25) is 10.0 Å². The van der Waals surface area contributed by atoms with Crippen LogP contribution in [0, 0.1) is 0 Å². The zero-order valence-electron chi connectivity index (χ0n) is 23.0. The number of unbranched alkanes of at least 4 members (excludes halogenated alkanes) is 1. The van der Waals surface area contributed by atoms with Gasteiger partial charge >= 0.3 is 5.97 Å². The average Bonchev–Trinajstić information content (AvgIpc) is 2.98. The Morgan fingerprint density at radius 2 is 1.80 bits per heavy atom. The Bertz CT molecular complexity index is 1420. The van der Waals surface area contributed by atoms with E-state index in [1.807, 2.05) is 24.3 Å². The summed E-state index contributed by atoms with van der Waals surface area (Å²) in [7, 11) is 0. The first-order chi connectivity index (χ1) is 19.8. The summed E-state index contributed by atoms with van der Waals surface area (Å²) in [5.41, 5.74) is 6.51. The minimum Gasteiger partial charge on any atom is -0.494 e. The van der Waals surface area contributed by atoms with E-state index in [0.717, 1.165) is 56.6 Å². The van der Waals surface area contributed by atoms with Gasteiger partial charge < -0.3 is 25.4 Å². The van der Waals surface area contributed by atoms with Gasteiger partial charge in [0.25, 0.3) is 5.56 Å². The SMILES string of the molecule is CC(NC(=O)CN)C(=O)OCn1c(=O)ccc2ccc(OCCCCN3CCN(c4cccc(Cl)c4Cl)CC3)cc21. The van der Waals surface area contributed by atoms with E-state index in [0.29, 0.717) is 27.9 Å². The normalized spacial score (nSPS) is 14.6. The van der Waals surface area contributed by atoms with Gasteiger partial charge in [0.2, 0.25) is 5.91 Å². The van der Waals surface area contributed by atoms with Gasteiger partial charge in [-0.15, -0.1) is 0 Å². The van der Waals surface area contributed by atoms with Crippen LogP contribution in [0.1, 0.15) is 19.8 Å². The maximum atomic E-state index is 12.6. The molecule has 1 saturated heterocycles. The van der Waals surface area contributed by atoms with Gasteiger partial charge in [-0.3, -0.25) is 19.1 Å². The number of hydrogen-bond acceptors (Lipinski definition) is 8. The molecule has 2 heterocycles. The number of benzene rings is 2. The summed E-state index contributed by atoms with van der Waals surface area (Å²) in [4.78, 5) is 41.0. The molecular weight excluding hydrogens is 569 g/mol. The van der Waals surface area contributed by atoms with Crippen molar-refractivity contribution < 1.29 is 19.1 Å². The molecule has 0 saturated carbocycles. The van der Waals surface area contributed by atoms with E-state index in [-0.39, 0.29) is 18.8 Å². The molecule has 2 aromatic carbocycles. The molecule has 220 valence electrons. The lowest BCUT2D eigenvalue weighted by atomic mass is 10.2. The van der Waals surface area contributed by atoms with Crippen LogP contribution < -0.4 is 26.2 Å². The molecule has 3 N–H and O–H groups in total. The van der Waals surface area contributed by atoms with Crippen molar-refractivity contribution in [2.75, 3.05) is 50.8 Å². The highest BCUT2D eigenvalue weighted by molar-refractivity contribution is 6.43. The number of halogens is 2. The van der Waals surface area contributed by atoms with E-state index in [9.17, 15) is 14.4 Å². The minimum atomic E-state index is -0.888. The number of hydrogen-bond donors (Lipinski definition) is 2. The van der Waals surface area contributed by atoms with Gasteiger partial charge in [0, 0.05) is 38.3 Å². The number of piperazine rings is 1. The monoisotopic (exact) mass is 603 g/mol. The Morgan fingerprint density at radius 3 is 2.56 bits per heavy atom. The number of esters is 1. The Kier molecular flexibility index (Phi) is 10.9. The summed E-state index contributed by atoms with van der Waals surface area (Å²) in [5.74, 6) is -0.517. The maximum Gasteiger partial charge on any atom is 0.330 e. The Morgan fingerprint density at radius 1 is 1.05 bits per heavy atom. The minimum absolute atomic E-state index is 0.235. The summed E-state index contributed by atoms with van der Waals surface area (Å²) in [5, 5.41) is 4.41. The van der Waals surface area contributed by atoms with Gasteiger partial charge in [-0.1, -0.05) is 29.3 Å². The summed E-state index contributed by atoms with van der Waals surface area (Å²) >= 11 is 12.6. The van der Waals surface area contributed by atoms with Crippen molar-refractivity contribution in [1.82, 2.24) is 14.8 Å². The Labute approximate surface area is 248 Å². The number of ether oxygens (including phenoxy) is 2. The quantitative estimate of drug-likeness (QED) is 0.239. The first kappa shape index (κ1) is 30.6. The molecule has 1 aromatic heterocycles. The highest BCUT2D eigenvalue weighted by atomic mass is 35.5. The van der Waals surface area contributed by atoms with E-state index >= 15 is 0 Å². The molecule has 41 heavy (non-hydrogen) atoms. The van der Waals surface area contributed by atoms with Gasteiger partial charge in [0.15, 0.2) is 6.73 Å². The van der Waals surface area contributed by atoms with Crippen LogP contribution in [0.15, 0.2) is 53.3 Å². The first-order valence-corrected chi connectivity index (χ1v) is 14.4. The number of nitrogens with two attached hydrogens (primary N) is 1. The fourth-order valence-corrected chi connectivity index (χ4v) is 5.09. The molecule has 3 aromatic rings. The largest absolute Gasteiger partial charge is 0.494 e. The van der Waals surface area contributed by atoms with Crippen molar-refractivity contribution in [3.63, 3.8) is 0 Å². The third-order valence-corrected chi connectivity index (χ3v) is 7.81. The van der Waals surface area contributed by atoms with Crippen molar-refractivity contribution in [1.29, 1.82) is 0 Å². The number of carbonyl (C=O) groups is 2. The highest BCUT2D eigenvalue weighted by Crippen LogP contribution is 2.32. The molecule has 0 bridgehead atoms. The standard InChI is InChI=1S/C29H35Cl2N5O5/c1-20(33-26(37)18-32)29(39)41-19-36-25-17-22(9-7-21(25)8-10-27(36)38)40-16-3-2-11-34-12-14-35(15-13-34)24-6-4-5-23(30)28(24)31/h4-10,17,20H,2-3,11-16,18-19,32H2,1H3,(H,33,37). The van der Waals surface area contributed by atoms with Crippen LogP contribution in [-0.4, -0.2) is 73.3 Å². The van der Waals surface area contributed by atoms with Crippen LogP contribution in [0.3, 0.4) is 0 Å². The van der Waals surface area contributed by atoms with Crippen molar-refractivity contribution in [3.05, 3.63) is 68.9 Å². The van der Waals surface area contributed by atoms with Crippen molar-refractivity contribution >= 4 is 51.7 Å². The van der Waals surface area contributed by atoms with Crippen LogP contribution >= 0.6 is 23.2 Å². The summed E-state index contributed by atoms with van der Waals surface area (Å²) < 4.78 is 12.6. The molecule has 0 radical (unpaired) electrons. The molecule has 4 rings (SSSR count). The van der Waals surface area contributed by atoms with Crippen LogP contribution in [-0.2, 0) is 21.1 Å². The summed E-state index contributed by atoms with van der Waals surface area (Å²) in [6.07, 6.45) is 1.87. The molecule has 0 spiro atoms. The Balaban J connectivity index is 1.24. The number of aromatic nitrogens is 1. The van der Waals surface area contributed by atoms with Crippen LogP contribution in [0.5, 0.6) is 5.75 Å². The van der Waals surface area contributed by atoms with Crippen LogP contribution in [0.4, 0.5) is 5.69 Å². The lowest BCUT2D eigenvalue weighted by molar-refractivity contribution is -0.150. The zero-order valence-corrected chi connectivity index (χ0v) is 24.5. The van der Waals surface area contributed by atoms with Gasteiger partial charge in [-0.2, -0.15) is 0 Å². The number of pyridine rings is 1. The van der Waals surface area contributed by atoms with Crippen LogP contribution in [0.25, 0.3) is 10.9 Å². The predicted octanol–water partition coefficient (Wildman–Crippen LogP) is 3.25. The maximum absolute atomic E-state index is 12.6. The smallest absolute Gasteiger partial charge is 0.330 e. The fourth-order valence-electron chi connectivity index (χ4n) is 4.68. The van der Waals surface area contributed by atoms with E-state index in [1.54, 1.807) is 18.2 Å². The third-order valence-electron chi connectivity index (χ3n) is 7.00. The second-order valence-electron chi connectivity index (χ2n) is 9.86. The number of carbonyl (C=O) groups excluding carboxylic acids is 2. The average molecular weight is 605 g/mol. The van der Waals surface area contributed by atoms with Gasteiger partial charge in [0.05, 0.1) is 34.4 Å². The molecule has 1 unspecified atom stereocenters. The van der Waals surface area contributed by atoms with E-state index in [4.69, 9.17) is 38.4 Å². The predicted molar refractivity (Wildman–Crippen MR) is 161 cm³/mol. The lowest BCUT2D eigenvalue weighted by Crippen LogP contribution is -2.46. The molecule has 1 fully saturated rings. The second-order valence-corrected chi connectivity index (χ2v) is 10.6. The molecule has 1 aliphatic rings. The number of amides is 1. The molecule has 1 amide bonds. The molecule has 0 aliphatic carbocycles. The third kappa shape index (κ3) is 8.13. The number of nitrogens with one attached hydrogen (secondary N) is 1. The van der Waals surface area contributed by atoms with Gasteiger partial charge in [-0.05, 0) is 62.0 Å². The van der Waals surface area contributed by atoms with E-state index < -0.39 is 17.9 Å². The summed E-state index contributed by atoms with van der Waals surface area (Å²) in [6.45, 7) is 6.17. The van der Waals surface area contributed by atoms with Gasteiger partial charge in [0.1, 0.15) is 11.8 Å². The van der Waals surface area contributed by atoms with E-state index in [1.165, 1.54) is 17.6 Å². The Hall–Kier alpha value is -3.31. The second kappa shape index (κ2) is 14.5. The lowest BCUT2D eigenvalue weighted by Gasteiger charge is -2.36. The van der Waals surface area contributed by atoms with E-state index in [2.05, 4.69) is 15.1 Å². The highest BCUT2D eigenvalue weighted by Gasteiger charge is 2.20. The number of nitrogens with zero attached hydrogens (tertiary/aromatic N) is 3. The van der Waals surface area contributed by atoms with Crippen molar-refractivity contribution in [2.24, 2.45) is 5.73 Å². The zero-order chi connectivity index (χ0) is 29.4. The fraction of sp³-hybridized carbons (Fsp3) is 0.414. The molecule has 1 atom stereocenters. The first-order valence-electron chi connectivity index (χ1n) is 13.6.